The number of aliphatic imine (C=N–C) groups is 1. The van der Waals surface area contributed by atoms with Crippen molar-refractivity contribution < 1.29 is 8.42 Å². The Morgan fingerprint density at radius 2 is 1.60 bits per heavy atom. The van der Waals surface area contributed by atoms with E-state index in [-0.39, 0.29) is 24.0 Å². The largest absolute Gasteiger partial charge is 0.356 e. The van der Waals surface area contributed by atoms with E-state index in [1.54, 1.807) is 23.5 Å². The van der Waals surface area contributed by atoms with Crippen molar-refractivity contribution in [1.29, 1.82) is 0 Å². The van der Waals surface area contributed by atoms with Crippen LogP contribution in [-0.2, 0) is 23.0 Å². The summed E-state index contributed by atoms with van der Waals surface area (Å²) in [5.41, 5.74) is 2.19. The zero-order chi connectivity index (χ0) is 20.7. The molecule has 0 bridgehead atoms. The summed E-state index contributed by atoms with van der Waals surface area (Å²) in [5.74, 6) is 0.702. The Balaban J connectivity index is 0.00000320. The van der Waals surface area contributed by atoms with E-state index in [0.717, 1.165) is 36.4 Å². The van der Waals surface area contributed by atoms with Crippen LogP contribution in [0.3, 0.4) is 0 Å². The summed E-state index contributed by atoms with van der Waals surface area (Å²) < 4.78 is 26.7. The fraction of sp³-hybridized carbons (Fsp3) is 0.381. The zero-order valence-corrected chi connectivity index (χ0v) is 20.9. The predicted molar refractivity (Wildman–Crippen MR) is 133 cm³/mol. The molecule has 0 spiro atoms. The molecule has 0 unspecified atom stereocenters. The van der Waals surface area contributed by atoms with Gasteiger partial charge in [0.05, 0.1) is 4.90 Å². The average Bonchev–Trinajstić information content (AvgIpc) is 3.28. The van der Waals surface area contributed by atoms with Crippen LogP contribution in [0.1, 0.15) is 24.0 Å². The van der Waals surface area contributed by atoms with Gasteiger partial charge in [-0.2, -0.15) is 4.31 Å². The molecule has 1 saturated heterocycles. The second-order valence-corrected chi connectivity index (χ2v) is 9.36. The highest BCUT2D eigenvalue weighted by molar-refractivity contribution is 14.0. The Kier molecular flexibility index (Phi) is 9.86. The number of halogens is 2. The Labute approximate surface area is 201 Å². The minimum absolute atomic E-state index is 0. The fourth-order valence-corrected chi connectivity index (χ4v) is 4.88. The van der Waals surface area contributed by atoms with E-state index in [1.165, 1.54) is 5.56 Å². The Bertz CT molecular complexity index is 928. The molecule has 0 atom stereocenters. The van der Waals surface area contributed by atoms with Crippen molar-refractivity contribution in [1.82, 2.24) is 14.9 Å². The van der Waals surface area contributed by atoms with Crippen LogP contribution < -0.4 is 10.6 Å². The van der Waals surface area contributed by atoms with Crippen molar-refractivity contribution >= 4 is 51.6 Å². The number of hydrogen-bond donors (Lipinski definition) is 2. The number of guanidine groups is 1. The second kappa shape index (κ2) is 11.9. The van der Waals surface area contributed by atoms with Gasteiger partial charge >= 0.3 is 0 Å². The molecule has 1 aliphatic rings. The maximum atomic E-state index is 12.6. The van der Waals surface area contributed by atoms with Gasteiger partial charge < -0.3 is 10.6 Å². The van der Waals surface area contributed by atoms with Gasteiger partial charge in [-0.25, -0.2) is 8.42 Å². The second-order valence-electron chi connectivity index (χ2n) is 6.98. The van der Waals surface area contributed by atoms with Crippen molar-refractivity contribution in [3.05, 3.63) is 64.7 Å². The summed E-state index contributed by atoms with van der Waals surface area (Å²) in [5, 5.41) is 7.27. The van der Waals surface area contributed by atoms with Crippen molar-refractivity contribution in [2.75, 3.05) is 26.7 Å². The van der Waals surface area contributed by atoms with Gasteiger partial charge in [0, 0.05) is 38.2 Å². The van der Waals surface area contributed by atoms with Gasteiger partial charge in [-0.05, 0) is 54.7 Å². The van der Waals surface area contributed by atoms with Crippen molar-refractivity contribution in [2.45, 2.75) is 30.7 Å². The van der Waals surface area contributed by atoms with E-state index < -0.39 is 10.0 Å². The number of nitrogens with one attached hydrogen (secondary N) is 2. The summed E-state index contributed by atoms with van der Waals surface area (Å²) in [4.78, 5) is 4.58. The van der Waals surface area contributed by atoms with Crippen molar-refractivity contribution in [3.8, 4) is 0 Å². The third kappa shape index (κ3) is 6.83. The topological polar surface area (TPSA) is 73.8 Å². The Morgan fingerprint density at radius 1 is 1.00 bits per heavy atom. The van der Waals surface area contributed by atoms with Crippen LogP contribution in [-0.4, -0.2) is 45.4 Å². The molecule has 3 rings (SSSR count). The van der Waals surface area contributed by atoms with E-state index in [0.29, 0.717) is 30.5 Å². The van der Waals surface area contributed by atoms with Crippen LogP contribution in [0.25, 0.3) is 0 Å². The summed E-state index contributed by atoms with van der Waals surface area (Å²) in [7, 11) is -1.64. The van der Waals surface area contributed by atoms with E-state index in [4.69, 9.17) is 11.6 Å². The molecule has 6 nitrogen and oxygen atoms in total. The standard InChI is InChI=1S/C21H27ClN4O2S.HI/c1-23-21(24-13-12-17-4-8-19(22)9-5-17)25-16-18-6-10-20(11-7-18)29(27,28)26-14-2-3-15-26;/h4-11H,2-3,12-16H2,1H3,(H2,23,24,25);1H. The minimum atomic E-state index is -3.36. The molecule has 2 aromatic carbocycles. The van der Waals surface area contributed by atoms with Crippen LogP contribution in [0.15, 0.2) is 58.4 Å². The third-order valence-corrected chi connectivity index (χ3v) is 7.09. The van der Waals surface area contributed by atoms with Crippen LogP contribution in [0, 0.1) is 0 Å². The molecule has 0 aromatic heterocycles. The highest BCUT2D eigenvalue weighted by Gasteiger charge is 2.26. The number of sulfonamides is 1. The summed E-state index contributed by atoms with van der Waals surface area (Å²) in [6.45, 7) is 2.53. The van der Waals surface area contributed by atoms with E-state index in [9.17, 15) is 8.42 Å². The Morgan fingerprint density at radius 3 is 2.20 bits per heavy atom. The predicted octanol–water partition coefficient (Wildman–Crippen LogP) is 3.65. The lowest BCUT2D eigenvalue weighted by Gasteiger charge is -2.16. The first-order chi connectivity index (χ1) is 14.0. The number of benzene rings is 2. The Hall–Kier alpha value is -1.36. The molecular formula is C21H28ClIN4O2S. The molecule has 164 valence electrons. The van der Waals surface area contributed by atoms with Gasteiger partial charge in [-0.3, -0.25) is 4.99 Å². The molecule has 30 heavy (non-hydrogen) atoms. The normalized spacial score (nSPS) is 14.9. The first-order valence-corrected chi connectivity index (χ1v) is 11.6. The smallest absolute Gasteiger partial charge is 0.243 e. The molecule has 1 heterocycles. The number of rotatable bonds is 7. The fourth-order valence-electron chi connectivity index (χ4n) is 3.24. The molecule has 1 fully saturated rings. The molecule has 0 radical (unpaired) electrons. The van der Waals surface area contributed by atoms with Gasteiger partial charge in [0.15, 0.2) is 5.96 Å². The van der Waals surface area contributed by atoms with Crippen LogP contribution in [0.4, 0.5) is 0 Å². The molecular weight excluding hydrogens is 535 g/mol. The maximum Gasteiger partial charge on any atom is 0.243 e. The molecule has 0 saturated carbocycles. The SMILES string of the molecule is CN=C(NCCc1ccc(Cl)cc1)NCc1ccc(S(=O)(=O)N2CCCC2)cc1.I. The zero-order valence-electron chi connectivity index (χ0n) is 17.0. The molecule has 0 aliphatic carbocycles. The maximum absolute atomic E-state index is 12.6. The van der Waals surface area contributed by atoms with Gasteiger partial charge in [0.1, 0.15) is 0 Å². The van der Waals surface area contributed by atoms with E-state index in [1.807, 2.05) is 36.4 Å². The molecule has 2 aromatic rings. The van der Waals surface area contributed by atoms with Gasteiger partial charge in [0.25, 0.3) is 0 Å². The molecule has 2 N–H and O–H groups in total. The lowest BCUT2D eigenvalue weighted by Crippen LogP contribution is -2.37. The summed E-state index contributed by atoms with van der Waals surface area (Å²) in [6.07, 6.45) is 2.73. The van der Waals surface area contributed by atoms with Crippen molar-refractivity contribution in [2.24, 2.45) is 4.99 Å². The minimum Gasteiger partial charge on any atom is -0.356 e. The molecule has 0 amide bonds. The van der Waals surface area contributed by atoms with Crippen molar-refractivity contribution in [3.63, 3.8) is 0 Å². The molecule has 9 heteroatoms. The average molecular weight is 563 g/mol. The lowest BCUT2D eigenvalue weighted by molar-refractivity contribution is 0.477. The highest BCUT2D eigenvalue weighted by atomic mass is 127. The van der Waals surface area contributed by atoms with Crippen LogP contribution in [0.2, 0.25) is 5.02 Å². The van der Waals surface area contributed by atoms with E-state index in [2.05, 4.69) is 15.6 Å². The number of hydrogen-bond acceptors (Lipinski definition) is 3. The van der Waals surface area contributed by atoms with Gasteiger partial charge in [-0.15, -0.1) is 24.0 Å². The number of nitrogens with zero attached hydrogens (tertiary/aromatic N) is 2. The van der Waals surface area contributed by atoms with Gasteiger partial charge in [0.2, 0.25) is 10.0 Å². The van der Waals surface area contributed by atoms with Gasteiger partial charge in [-0.1, -0.05) is 35.9 Å². The molecule has 1 aliphatic heterocycles. The monoisotopic (exact) mass is 562 g/mol. The quantitative estimate of drug-likeness (QED) is 0.307. The van der Waals surface area contributed by atoms with Crippen LogP contribution in [0.5, 0.6) is 0 Å². The van der Waals surface area contributed by atoms with Crippen LogP contribution >= 0.6 is 35.6 Å². The lowest BCUT2D eigenvalue weighted by atomic mass is 10.1. The third-order valence-electron chi connectivity index (χ3n) is 4.93. The summed E-state index contributed by atoms with van der Waals surface area (Å²) >= 11 is 5.91. The first kappa shape index (κ1) is 24.9. The first-order valence-electron chi connectivity index (χ1n) is 9.77. The van der Waals surface area contributed by atoms with E-state index >= 15 is 0 Å². The highest BCUT2D eigenvalue weighted by Crippen LogP contribution is 2.21. The summed E-state index contributed by atoms with van der Waals surface area (Å²) in [6, 6.07) is 14.8.